The van der Waals surface area contributed by atoms with Gasteiger partial charge in [-0.25, -0.2) is 0 Å². The van der Waals surface area contributed by atoms with Crippen LogP contribution >= 0.6 is 23.8 Å². The zero-order valence-corrected chi connectivity index (χ0v) is 17.3. The van der Waals surface area contributed by atoms with Crippen molar-refractivity contribution in [2.45, 2.75) is 19.6 Å². The van der Waals surface area contributed by atoms with Gasteiger partial charge in [0.1, 0.15) is 6.54 Å². The number of ether oxygens (including phenoxy) is 2. The predicted molar refractivity (Wildman–Crippen MR) is 108 cm³/mol. The first-order valence-electron chi connectivity index (χ1n) is 8.95. The molecule has 146 valence electrons. The van der Waals surface area contributed by atoms with Crippen molar-refractivity contribution in [3.05, 3.63) is 57.3 Å². The lowest BCUT2D eigenvalue weighted by molar-refractivity contribution is -0.939. The van der Waals surface area contributed by atoms with E-state index in [9.17, 15) is 0 Å². The molecule has 1 unspecified atom stereocenters. The highest BCUT2D eigenvalue weighted by Gasteiger charge is 2.23. The smallest absolute Gasteiger partial charge is 0.225 e. The Morgan fingerprint density at radius 3 is 2.57 bits per heavy atom. The number of tetrazole rings is 1. The maximum atomic E-state index is 6.08. The molecule has 0 bridgehead atoms. The Balaban J connectivity index is 1.55. The average molecular weight is 419 g/mol. The van der Waals surface area contributed by atoms with Crippen LogP contribution in [0, 0.1) is 4.77 Å². The molecule has 28 heavy (non-hydrogen) atoms. The lowest BCUT2D eigenvalue weighted by atomic mass is 9.99. The number of methoxy groups -OCH3 is 2. The molecule has 0 radical (unpaired) electrons. The molecule has 2 aromatic carbocycles. The second-order valence-corrected chi connectivity index (χ2v) is 7.52. The summed E-state index contributed by atoms with van der Waals surface area (Å²) in [6, 6.07) is 11.6. The lowest BCUT2D eigenvalue weighted by Crippen LogP contribution is -3.11. The quantitative estimate of drug-likeness (QED) is 0.643. The first kappa shape index (κ1) is 18.9. The van der Waals surface area contributed by atoms with Crippen LogP contribution in [0.5, 0.6) is 11.5 Å². The molecule has 0 amide bonds. The fraction of sp³-hybridized carbons (Fsp3) is 0.316. The van der Waals surface area contributed by atoms with Crippen LogP contribution in [-0.4, -0.2) is 40.6 Å². The van der Waals surface area contributed by atoms with Gasteiger partial charge in [-0.3, -0.25) is 0 Å². The molecule has 1 atom stereocenters. The first-order valence-corrected chi connectivity index (χ1v) is 9.73. The Morgan fingerprint density at radius 2 is 1.86 bits per heavy atom. The minimum atomic E-state index is 0.549. The van der Waals surface area contributed by atoms with Crippen molar-refractivity contribution in [1.82, 2.24) is 19.8 Å². The van der Waals surface area contributed by atoms with Gasteiger partial charge in [0.2, 0.25) is 4.77 Å². The summed E-state index contributed by atoms with van der Waals surface area (Å²) in [7, 11) is 3.32. The summed E-state index contributed by atoms with van der Waals surface area (Å²) in [5.74, 6) is 1.53. The maximum absolute atomic E-state index is 6.08. The van der Waals surface area contributed by atoms with Crippen LogP contribution in [-0.2, 0) is 19.6 Å². The van der Waals surface area contributed by atoms with Crippen molar-refractivity contribution in [1.29, 1.82) is 0 Å². The van der Waals surface area contributed by atoms with Crippen LogP contribution in [0.4, 0.5) is 0 Å². The van der Waals surface area contributed by atoms with Gasteiger partial charge in [0.25, 0.3) is 0 Å². The number of fused-ring (bicyclic) bond motifs is 1. The van der Waals surface area contributed by atoms with Gasteiger partial charge in [-0.1, -0.05) is 17.7 Å². The minimum Gasteiger partial charge on any atom is -0.493 e. The zero-order chi connectivity index (χ0) is 19.7. The molecule has 0 fully saturated rings. The number of hydrogen-bond donors (Lipinski definition) is 1. The number of rotatable bonds is 5. The molecule has 1 aromatic heterocycles. The molecule has 0 saturated carbocycles. The van der Waals surface area contributed by atoms with Gasteiger partial charge < -0.3 is 14.4 Å². The highest BCUT2D eigenvalue weighted by molar-refractivity contribution is 7.71. The maximum Gasteiger partial charge on any atom is 0.225 e. The Morgan fingerprint density at radius 1 is 1.11 bits per heavy atom. The molecular weight excluding hydrogens is 398 g/mol. The van der Waals surface area contributed by atoms with Crippen LogP contribution in [0.1, 0.15) is 11.1 Å². The standard InChI is InChI=1S/C19H20ClN5O2S/c1-26-17-8-13-6-7-23(11-14(13)9-18(17)27-2)12-24-19(28)25(22-21-24)16-5-3-4-15(20)10-16/h3-5,8-10H,6-7,11-12H2,1-2H3/p+1. The molecule has 4 rings (SSSR count). The summed E-state index contributed by atoms with van der Waals surface area (Å²) in [4.78, 5) is 1.36. The lowest BCUT2D eigenvalue weighted by Gasteiger charge is -2.26. The van der Waals surface area contributed by atoms with E-state index in [-0.39, 0.29) is 0 Å². The fourth-order valence-corrected chi connectivity index (χ4v) is 3.95. The molecule has 0 saturated heterocycles. The molecule has 2 heterocycles. The van der Waals surface area contributed by atoms with Crippen LogP contribution in [0.3, 0.4) is 0 Å². The van der Waals surface area contributed by atoms with E-state index < -0.39 is 0 Å². The normalized spacial score (nSPS) is 15.9. The van der Waals surface area contributed by atoms with E-state index in [0.29, 0.717) is 16.5 Å². The Kier molecular flexibility index (Phi) is 5.34. The summed E-state index contributed by atoms with van der Waals surface area (Å²) in [6.45, 7) is 2.49. The van der Waals surface area contributed by atoms with Gasteiger partial charge in [-0.2, -0.15) is 9.36 Å². The molecule has 7 nitrogen and oxygen atoms in total. The van der Waals surface area contributed by atoms with Crippen molar-refractivity contribution in [2.75, 3.05) is 20.8 Å². The van der Waals surface area contributed by atoms with Gasteiger partial charge in [0.05, 0.1) is 26.5 Å². The van der Waals surface area contributed by atoms with Crippen molar-refractivity contribution in [2.24, 2.45) is 0 Å². The van der Waals surface area contributed by atoms with Crippen LogP contribution in [0.15, 0.2) is 36.4 Å². The molecule has 1 N–H and O–H groups in total. The number of nitrogens with zero attached hydrogens (tertiary/aromatic N) is 4. The van der Waals surface area contributed by atoms with E-state index in [0.717, 1.165) is 36.7 Å². The number of nitrogens with one attached hydrogen (secondary N) is 1. The largest absolute Gasteiger partial charge is 0.493 e. The average Bonchev–Trinajstić information content (AvgIpc) is 3.07. The highest BCUT2D eigenvalue weighted by atomic mass is 35.5. The Bertz CT molecular complexity index is 1060. The van der Waals surface area contributed by atoms with Crippen molar-refractivity contribution in [3.63, 3.8) is 0 Å². The molecule has 0 spiro atoms. The molecule has 0 aliphatic carbocycles. The fourth-order valence-electron chi connectivity index (χ4n) is 3.52. The van der Waals surface area contributed by atoms with Gasteiger partial charge in [-0.05, 0) is 58.5 Å². The summed E-state index contributed by atoms with van der Waals surface area (Å²) in [5, 5.41) is 9.09. The van der Waals surface area contributed by atoms with Gasteiger partial charge in [0, 0.05) is 17.0 Å². The molecule has 9 heteroatoms. The van der Waals surface area contributed by atoms with Gasteiger partial charge in [0.15, 0.2) is 18.2 Å². The van der Waals surface area contributed by atoms with E-state index in [1.807, 2.05) is 24.3 Å². The minimum absolute atomic E-state index is 0.549. The first-order chi connectivity index (χ1) is 13.6. The zero-order valence-electron chi connectivity index (χ0n) is 15.7. The number of quaternary nitrogens is 1. The summed E-state index contributed by atoms with van der Waals surface area (Å²) in [5.41, 5.74) is 3.36. The molecule has 1 aliphatic rings. The SMILES string of the molecule is COc1cc2c(cc1OC)C[NH+](Cn1nnn(-c3cccc(Cl)c3)c1=S)CC2. The summed E-state index contributed by atoms with van der Waals surface area (Å²) >= 11 is 11.7. The highest BCUT2D eigenvalue weighted by Crippen LogP contribution is 2.31. The third-order valence-electron chi connectivity index (χ3n) is 4.96. The Labute approximate surface area is 173 Å². The molecular formula is C19H21ClN5O2S+. The van der Waals surface area contributed by atoms with E-state index in [1.165, 1.54) is 16.0 Å². The van der Waals surface area contributed by atoms with E-state index >= 15 is 0 Å². The monoisotopic (exact) mass is 418 g/mol. The van der Waals surface area contributed by atoms with E-state index in [4.69, 9.17) is 33.3 Å². The van der Waals surface area contributed by atoms with Crippen molar-refractivity contribution < 1.29 is 14.4 Å². The summed E-state index contributed by atoms with van der Waals surface area (Å²) in [6.07, 6.45) is 0.959. The van der Waals surface area contributed by atoms with Gasteiger partial charge in [-0.15, -0.1) is 0 Å². The topological polar surface area (TPSA) is 58.5 Å². The van der Waals surface area contributed by atoms with Crippen LogP contribution in [0.2, 0.25) is 5.02 Å². The van der Waals surface area contributed by atoms with Gasteiger partial charge >= 0.3 is 0 Å². The predicted octanol–water partition coefficient (Wildman–Crippen LogP) is 2.07. The number of aromatic nitrogens is 4. The van der Waals surface area contributed by atoms with E-state index in [2.05, 4.69) is 22.6 Å². The second-order valence-electron chi connectivity index (χ2n) is 6.71. The number of benzene rings is 2. The number of halogens is 1. The Hall–Kier alpha value is -2.42. The van der Waals surface area contributed by atoms with Crippen LogP contribution < -0.4 is 14.4 Å². The third kappa shape index (κ3) is 3.63. The molecule has 1 aliphatic heterocycles. The third-order valence-corrected chi connectivity index (χ3v) is 5.58. The van der Waals surface area contributed by atoms with E-state index in [1.54, 1.807) is 23.6 Å². The summed E-state index contributed by atoms with van der Waals surface area (Å²) < 4.78 is 14.8. The number of hydrogen-bond acceptors (Lipinski definition) is 5. The second kappa shape index (κ2) is 7.90. The van der Waals surface area contributed by atoms with Crippen molar-refractivity contribution in [3.8, 4) is 17.2 Å². The van der Waals surface area contributed by atoms with Crippen LogP contribution in [0.25, 0.3) is 5.69 Å². The molecule has 3 aromatic rings. The van der Waals surface area contributed by atoms with Crippen molar-refractivity contribution >= 4 is 23.8 Å².